The van der Waals surface area contributed by atoms with Crippen LogP contribution in [0, 0.1) is 11.8 Å². The number of hydrogen-bond donors (Lipinski definition) is 2. The van der Waals surface area contributed by atoms with Crippen molar-refractivity contribution < 1.29 is 19.5 Å². The van der Waals surface area contributed by atoms with Crippen LogP contribution >= 0.6 is 0 Å². The van der Waals surface area contributed by atoms with Gasteiger partial charge in [-0.05, 0) is 31.2 Å². The summed E-state index contributed by atoms with van der Waals surface area (Å²) in [5.74, 6) is -1.15. The Kier molecular flexibility index (Phi) is 7.82. The van der Waals surface area contributed by atoms with E-state index in [0.717, 1.165) is 24.8 Å². The number of likely N-dealkylation sites (tertiary alicyclic amines) is 1. The average molecular weight is 374 g/mol. The van der Waals surface area contributed by atoms with Gasteiger partial charge in [-0.2, -0.15) is 0 Å². The van der Waals surface area contributed by atoms with Crippen LogP contribution in [0.3, 0.4) is 0 Å². The van der Waals surface area contributed by atoms with Gasteiger partial charge in [0.25, 0.3) is 0 Å². The molecule has 1 aromatic carbocycles. The number of carboxylic acids is 1. The molecule has 2 N–H and O–H groups in total. The summed E-state index contributed by atoms with van der Waals surface area (Å²) < 4.78 is 0. The first kappa shape index (κ1) is 20.9. The Hall–Kier alpha value is -2.37. The summed E-state index contributed by atoms with van der Waals surface area (Å²) in [6, 6.07) is 9.10. The predicted octanol–water partition coefficient (Wildman–Crippen LogP) is 2.99. The van der Waals surface area contributed by atoms with Crippen LogP contribution in [-0.4, -0.2) is 40.9 Å². The van der Waals surface area contributed by atoms with Crippen molar-refractivity contribution in [1.29, 1.82) is 0 Å². The molecule has 1 aromatic rings. The van der Waals surface area contributed by atoms with Crippen molar-refractivity contribution in [2.75, 3.05) is 13.1 Å². The summed E-state index contributed by atoms with van der Waals surface area (Å²) >= 11 is 0. The van der Waals surface area contributed by atoms with E-state index in [1.165, 1.54) is 0 Å². The van der Waals surface area contributed by atoms with Gasteiger partial charge in [-0.15, -0.1) is 0 Å². The summed E-state index contributed by atoms with van der Waals surface area (Å²) in [7, 11) is 0. The van der Waals surface area contributed by atoms with Gasteiger partial charge in [-0.3, -0.25) is 14.4 Å². The first-order chi connectivity index (χ1) is 12.9. The highest BCUT2D eigenvalue weighted by Crippen LogP contribution is 2.23. The smallest absolute Gasteiger partial charge is 0.303 e. The number of carbonyl (C=O) groups is 3. The van der Waals surface area contributed by atoms with Gasteiger partial charge < -0.3 is 15.3 Å². The van der Waals surface area contributed by atoms with E-state index >= 15 is 0 Å². The Morgan fingerprint density at radius 2 is 1.96 bits per heavy atom. The van der Waals surface area contributed by atoms with E-state index in [-0.39, 0.29) is 36.1 Å². The maximum atomic E-state index is 12.8. The fourth-order valence-electron chi connectivity index (χ4n) is 3.44. The second-order valence-corrected chi connectivity index (χ2v) is 7.34. The van der Waals surface area contributed by atoms with Crippen molar-refractivity contribution in [3.05, 3.63) is 35.9 Å². The third-order valence-corrected chi connectivity index (χ3v) is 5.30. The molecule has 0 aliphatic carbocycles. The molecule has 0 bridgehead atoms. The molecule has 3 atom stereocenters. The molecule has 0 spiro atoms. The zero-order valence-electron chi connectivity index (χ0n) is 16.2. The number of piperidine rings is 1. The number of nitrogens with zero attached hydrogens (tertiary/aromatic N) is 1. The third-order valence-electron chi connectivity index (χ3n) is 5.30. The maximum absolute atomic E-state index is 12.8. The molecule has 2 rings (SSSR count). The summed E-state index contributed by atoms with van der Waals surface area (Å²) in [6.45, 7) is 5.05. The molecule has 6 heteroatoms. The lowest BCUT2D eigenvalue weighted by atomic mass is 9.94. The Labute approximate surface area is 160 Å². The average Bonchev–Trinajstić information content (AvgIpc) is 2.70. The molecule has 3 unspecified atom stereocenters. The lowest BCUT2D eigenvalue weighted by Crippen LogP contribution is -2.47. The molecule has 148 valence electrons. The Morgan fingerprint density at radius 3 is 2.59 bits per heavy atom. The Morgan fingerprint density at radius 1 is 1.26 bits per heavy atom. The van der Waals surface area contributed by atoms with Gasteiger partial charge in [0.05, 0.1) is 12.0 Å². The molecule has 0 aromatic heterocycles. The molecule has 1 aliphatic heterocycles. The highest BCUT2D eigenvalue weighted by atomic mass is 16.4. The molecule has 1 fully saturated rings. The molecular weight excluding hydrogens is 344 g/mol. The number of rotatable bonds is 8. The van der Waals surface area contributed by atoms with Gasteiger partial charge in [0.1, 0.15) is 0 Å². The molecule has 0 saturated carbocycles. The SMILES string of the molecule is CCC(C)C(=O)N1CCCC(C(=O)NC(CCC(=O)O)c2ccccc2)C1. The number of benzene rings is 1. The van der Waals surface area contributed by atoms with Crippen LogP contribution < -0.4 is 5.32 Å². The van der Waals surface area contributed by atoms with E-state index in [9.17, 15) is 14.4 Å². The lowest BCUT2D eigenvalue weighted by Gasteiger charge is -2.34. The van der Waals surface area contributed by atoms with Crippen LogP contribution in [0.5, 0.6) is 0 Å². The van der Waals surface area contributed by atoms with Crippen LogP contribution in [0.4, 0.5) is 0 Å². The van der Waals surface area contributed by atoms with Crippen molar-refractivity contribution in [3.8, 4) is 0 Å². The van der Waals surface area contributed by atoms with Crippen molar-refractivity contribution in [2.45, 2.75) is 52.0 Å². The monoisotopic (exact) mass is 374 g/mol. The van der Waals surface area contributed by atoms with Gasteiger partial charge in [0.15, 0.2) is 0 Å². The zero-order valence-corrected chi connectivity index (χ0v) is 16.2. The zero-order chi connectivity index (χ0) is 19.8. The number of nitrogens with one attached hydrogen (secondary N) is 1. The van der Waals surface area contributed by atoms with Crippen LogP contribution in [0.15, 0.2) is 30.3 Å². The predicted molar refractivity (Wildman–Crippen MR) is 103 cm³/mol. The van der Waals surface area contributed by atoms with E-state index in [1.807, 2.05) is 44.2 Å². The Bertz CT molecular complexity index is 647. The van der Waals surface area contributed by atoms with E-state index in [1.54, 1.807) is 4.90 Å². The second-order valence-electron chi connectivity index (χ2n) is 7.34. The van der Waals surface area contributed by atoms with Crippen LogP contribution in [-0.2, 0) is 14.4 Å². The van der Waals surface area contributed by atoms with Crippen LogP contribution in [0.1, 0.15) is 57.6 Å². The molecule has 0 radical (unpaired) electrons. The largest absolute Gasteiger partial charge is 0.481 e. The van der Waals surface area contributed by atoms with Gasteiger partial charge in [0.2, 0.25) is 11.8 Å². The summed E-state index contributed by atoms with van der Waals surface area (Å²) in [4.78, 5) is 38.1. The first-order valence-electron chi connectivity index (χ1n) is 9.78. The fourth-order valence-corrected chi connectivity index (χ4v) is 3.44. The summed E-state index contributed by atoms with van der Waals surface area (Å²) in [5.41, 5.74) is 0.899. The molecule has 1 aliphatic rings. The normalized spacial score (nSPS) is 19.2. The topological polar surface area (TPSA) is 86.7 Å². The highest BCUT2D eigenvalue weighted by molar-refractivity contribution is 5.82. The second kappa shape index (κ2) is 10.1. The van der Waals surface area contributed by atoms with E-state index in [2.05, 4.69) is 5.32 Å². The lowest BCUT2D eigenvalue weighted by molar-refractivity contribution is -0.140. The minimum Gasteiger partial charge on any atom is -0.481 e. The van der Waals surface area contributed by atoms with Crippen molar-refractivity contribution in [3.63, 3.8) is 0 Å². The molecule has 1 saturated heterocycles. The third kappa shape index (κ3) is 6.08. The van der Waals surface area contributed by atoms with Gasteiger partial charge >= 0.3 is 5.97 Å². The first-order valence-corrected chi connectivity index (χ1v) is 9.78. The Balaban J connectivity index is 2.03. The fraction of sp³-hybridized carbons (Fsp3) is 0.571. The molecule has 1 heterocycles. The number of hydrogen-bond acceptors (Lipinski definition) is 3. The van der Waals surface area contributed by atoms with Gasteiger partial charge in [-0.25, -0.2) is 0 Å². The molecular formula is C21H30N2O4. The number of amides is 2. The summed E-state index contributed by atoms with van der Waals surface area (Å²) in [5, 5.41) is 12.0. The van der Waals surface area contributed by atoms with Gasteiger partial charge in [-0.1, -0.05) is 44.2 Å². The molecule has 27 heavy (non-hydrogen) atoms. The van der Waals surface area contributed by atoms with Crippen molar-refractivity contribution in [1.82, 2.24) is 10.2 Å². The van der Waals surface area contributed by atoms with Crippen molar-refractivity contribution in [2.24, 2.45) is 11.8 Å². The minimum absolute atomic E-state index is 0.0108. The van der Waals surface area contributed by atoms with Gasteiger partial charge in [0, 0.05) is 25.4 Å². The van der Waals surface area contributed by atoms with Crippen molar-refractivity contribution >= 4 is 17.8 Å². The molecule has 6 nitrogen and oxygen atoms in total. The van der Waals surface area contributed by atoms with Crippen LogP contribution in [0.25, 0.3) is 0 Å². The molecule has 2 amide bonds. The number of carboxylic acid groups (broad SMARTS) is 1. The quantitative estimate of drug-likeness (QED) is 0.732. The van der Waals surface area contributed by atoms with Crippen LogP contribution in [0.2, 0.25) is 0 Å². The number of aliphatic carboxylic acids is 1. The van der Waals surface area contributed by atoms with E-state index in [4.69, 9.17) is 5.11 Å². The highest BCUT2D eigenvalue weighted by Gasteiger charge is 2.31. The van der Waals surface area contributed by atoms with E-state index in [0.29, 0.717) is 19.5 Å². The maximum Gasteiger partial charge on any atom is 0.303 e. The minimum atomic E-state index is -0.881. The summed E-state index contributed by atoms with van der Waals surface area (Å²) in [6.07, 6.45) is 2.68. The number of carbonyl (C=O) groups excluding carboxylic acids is 2. The van der Waals surface area contributed by atoms with E-state index < -0.39 is 5.97 Å². The standard InChI is InChI=1S/C21H30N2O4/c1-3-15(2)21(27)23-13-7-10-17(14-23)20(26)22-18(11-12-19(24)25)16-8-5-4-6-9-16/h4-6,8-9,15,17-18H,3,7,10-14H2,1-2H3,(H,22,26)(H,24,25).